The van der Waals surface area contributed by atoms with Gasteiger partial charge in [0.1, 0.15) is 0 Å². The van der Waals surface area contributed by atoms with Crippen LogP contribution in [-0.2, 0) is 4.79 Å². The van der Waals surface area contributed by atoms with Gasteiger partial charge in [-0.15, -0.1) is 0 Å². The van der Waals surface area contributed by atoms with E-state index >= 15 is 0 Å². The zero-order valence-electron chi connectivity index (χ0n) is 20.4. The van der Waals surface area contributed by atoms with Crippen LogP contribution in [-0.4, -0.2) is 74.5 Å². The Bertz CT molecular complexity index is 1150. The fourth-order valence-corrected chi connectivity index (χ4v) is 5.01. The van der Waals surface area contributed by atoms with Gasteiger partial charge in [-0.25, -0.2) is 9.37 Å². The maximum Gasteiger partial charge on any atom is 0.417 e. The Morgan fingerprint density at radius 3 is 2.57 bits per heavy atom. The number of aliphatic hydroxyl groups is 1. The largest absolute Gasteiger partial charge is 0.481 e. The van der Waals surface area contributed by atoms with Crippen LogP contribution in [0.25, 0.3) is 11.3 Å². The van der Waals surface area contributed by atoms with E-state index in [1.54, 1.807) is 4.90 Å². The molecule has 3 heterocycles. The van der Waals surface area contributed by atoms with E-state index < -0.39 is 42.4 Å². The Labute approximate surface area is 210 Å². The second kappa shape index (κ2) is 10.3. The van der Waals surface area contributed by atoms with Gasteiger partial charge in [0.2, 0.25) is 11.8 Å². The predicted octanol–water partition coefficient (Wildman–Crippen LogP) is 3.21. The molecule has 2 aromatic heterocycles. The molecule has 37 heavy (non-hydrogen) atoms. The van der Waals surface area contributed by atoms with Gasteiger partial charge < -0.3 is 20.1 Å². The van der Waals surface area contributed by atoms with Crippen molar-refractivity contribution in [3.63, 3.8) is 0 Å². The van der Waals surface area contributed by atoms with Crippen LogP contribution in [0.15, 0.2) is 18.3 Å². The molecule has 1 aliphatic heterocycles. The third-order valence-electron chi connectivity index (χ3n) is 7.32. The van der Waals surface area contributed by atoms with E-state index in [9.17, 15) is 32.3 Å². The van der Waals surface area contributed by atoms with Crippen molar-refractivity contribution in [2.75, 3.05) is 13.7 Å². The summed E-state index contributed by atoms with van der Waals surface area (Å²) in [5.41, 5.74) is -2.17. The number of amides is 2. The standard InChI is InChI=1S/C24H29F4N5O4/c1-13-9-14(21(34)30-15-3-6-23(36,7-4-15)24(26,27)28)5-8-33(13)22(35)19-11-18(31-32-19)16-10-20(37-2)29-12-17(16)25/h10-15,36H,3-9H2,1-2H3,(H,30,34)(H,31,32)/t13-,14+,15-,23-/m1/s1. The Morgan fingerprint density at radius 2 is 1.95 bits per heavy atom. The lowest BCUT2D eigenvalue weighted by Gasteiger charge is -2.39. The Morgan fingerprint density at radius 1 is 1.24 bits per heavy atom. The molecule has 13 heteroatoms. The molecule has 2 aliphatic rings. The average Bonchev–Trinajstić information content (AvgIpc) is 3.35. The summed E-state index contributed by atoms with van der Waals surface area (Å²) >= 11 is 0. The van der Waals surface area contributed by atoms with Crippen molar-refractivity contribution in [3.05, 3.63) is 29.8 Å². The van der Waals surface area contributed by atoms with Gasteiger partial charge in [0, 0.05) is 36.2 Å². The number of ether oxygens (including phenoxy) is 1. The molecule has 0 bridgehead atoms. The molecular formula is C24H29F4N5O4. The first-order valence-corrected chi connectivity index (χ1v) is 12.1. The van der Waals surface area contributed by atoms with Gasteiger partial charge in [0.05, 0.1) is 19.0 Å². The highest BCUT2D eigenvalue weighted by Gasteiger charge is 2.54. The van der Waals surface area contributed by atoms with Gasteiger partial charge >= 0.3 is 6.18 Å². The molecular weight excluding hydrogens is 498 g/mol. The molecule has 4 rings (SSSR count). The zero-order chi connectivity index (χ0) is 27.0. The van der Waals surface area contributed by atoms with E-state index in [0.29, 0.717) is 12.8 Å². The minimum atomic E-state index is -4.69. The topological polar surface area (TPSA) is 120 Å². The number of pyridine rings is 1. The number of methoxy groups -OCH3 is 1. The maximum absolute atomic E-state index is 14.2. The van der Waals surface area contributed by atoms with Crippen LogP contribution < -0.4 is 10.1 Å². The van der Waals surface area contributed by atoms with Crippen LogP contribution in [0.4, 0.5) is 17.6 Å². The normalized spacial score (nSPS) is 26.6. The molecule has 0 aromatic carbocycles. The third-order valence-corrected chi connectivity index (χ3v) is 7.32. The Kier molecular flexibility index (Phi) is 7.45. The fourth-order valence-electron chi connectivity index (χ4n) is 5.01. The van der Waals surface area contributed by atoms with Crippen molar-refractivity contribution in [1.82, 2.24) is 25.4 Å². The molecule has 202 valence electrons. The van der Waals surface area contributed by atoms with Crippen molar-refractivity contribution < 1.29 is 37.0 Å². The summed E-state index contributed by atoms with van der Waals surface area (Å²) in [6.07, 6.45) is -3.73. The second-order valence-corrected chi connectivity index (χ2v) is 9.75. The smallest absolute Gasteiger partial charge is 0.417 e. The minimum absolute atomic E-state index is 0.0417. The van der Waals surface area contributed by atoms with E-state index in [0.717, 1.165) is 6.20 Å². The van der Waals surface area contributed by atoms with E-state index in [-0.39, 0.29) is 60.1 Å². The van der Waals surface area contributed by atoms with Crippen molar-refractivity contribution >= 4 is 11.8 Å². The monoisotopic (exact) mass is 527 g/mol. The van der Waals surface area contributed by atoms with Crippen molar-refractivity contribution in [3.8, 4) is 17.1 Å². The van der Waals surface area contributed by atoms with Crippen LogP contribution in [0.2, 0.25) is 0 Å². The van der Waals surface area contributed by atoms with Gasteiger partial charge in [0.25, 0.3) is 5.91 Å². The van der Waals surface area contributed by atoms with E-state index in [1.165, 1.54) is 19.2 Å². The number of alkyl halides is 3. The van der Waals surface area contributed by atoms with E-state index in [2.05, 4.69) is 20.5 Å². The predicted molar refractivity (Wildman–Crippen MR) is 123 cm³/mol. The number of aromatic nitrogens is 3. The summed E-state index contributed by atoms with van der Waals surface area (Å²) in [6, 6.07) is 2.10. The summed E-state index contributed by atoms with van der Waals surface area (Å²) in [5.74, 6) is -1.42. The Balaban J connectivity index is 1.33. The lowest BCUT2D eigenvalue weighted by atomic mass is 9.81. The molecule has 1 aliphatic carbocycles. The minimum Gasteiger partial charge on any atom is -0.481 e. The Hall–Kier alpha value is -3.22. The molecule has 2 aromatic rings. The highest BCUT2D eigenvalue weighted by molar-refractivity contribution is 5.94. The van der Waals surface area contributed by atoms with Gasteiger partial charge in [-0.1, -0.05) is 0 Å². The summed E-state index contributed by atoms with van der Waals surface area (Å²) in [4.78, 5) is 31.3. The van der Waals surface area contributed by atoms with E-state index in [4.69, 9.17) is 4.74 Å². The number of nitrogens with zero attached hydrogens (tertiary/aromatic N) is 3. The molecule has 2 fully saturated rings. The first-order chi connectivity index (χ1) is 17.4. The lowest BCUT2D eigenvalue weighted by molar-refractivity contribution is -0.270. The number of nitrogens with one attached hydrogen (secondary N) is 2. The van der Waals surface area contributed by atoms with Crippen LogP contribution in [0, 0.1) is 11.7 Å². The van der Waals surface area contributed by atoms with Crippen molar-refractivity contribution in [2.45, 2.75) is 69.3 Å². The lowest BCUT2D eigenvalue weighted by Crippen LogP contribution is -2.53. The van der Waals surface area contributed by atoms with E-state index in [1.807, 2.05) is 6.92 Å². The van der Waals surface area contributed by atoms with Crippen LogP contribution in [0.5, 0.6) is 5.88 Å². The molecule has 0 radical (unpaired) electrons. The quantitative estimate of drug-likeness (QED) is 0.514. The number of rotatable bonds is 5. The number of hydrogen-bond acceptors (Lipinski definition) is 6. The number of hydrogen-bond donors (Lipinski definition) is 3. The first-order valence-electron chi connectivity index (χ1n) is 12.1. The number of aromatic amines is 1. The van der Waals surface area contributed by atoms with Gasteiger partial charge in [-0.3, -0.25) is 14.7 Å². The molecule has 0 unspecified atom stereocenters. The van der Waals surface area contributed by atoms with Crippen molar-refractivity contribution in [2.24, 2.45) is 5.92 Å². The van der Waals surface area contributed by atoms with Crippen LogP contribution in [0.3, 0.4) is 0 Å². The van der Waals surface area contributed by atoms with Gasteiger partial charge in [-0.05, 0) is 51.5 Å². The summed E-state index contributed by atoms with van der Waals surface area (Å²) in [6.45, 7) is 2.10. The second-order valence-electron chi connectivity index (χ2n) is 9.75. The number of carbonyl (C=O) groups excluding carboxylic acids is 2. The van der Waals surface area contributed by atoms with Gasteiger partial charge in [0.15, 0.2) is 17.1 Å². The molecule has 0 spiro atoms. The third kappa shape index (κ3) is 5.55. The van der Waals surface area contributed by atoms with Crippen LogP contribution in [0.1, 0.15) is 55.9 Å². The number of carbonyl (C=O) groups is 2. The fraction of sp³-hybridized carbons (Fsp3) is 0.583. The highest BCUT2D eigenvalue weighted by Crippen LogP contribution is 2.41. The SMILES string of the molecule is COc1cc(-c2cc(C(=O)N3CC[C@H](C(=O)N[C@H]4CC[C@@](O)(C(F)(F)F)CC4)C[C@H]3C)n[nH]2)c(F)cn1. The number of H-pyrrole nitrogens is 1. The molecule has 2 atom stereocenters. The molecule has 1 saturated heterocycles. The van der Waals surface area contributed by atoms with Crippen LogP contribution >= 0.6 is 0 Å². The van der Waals surface area contributed by atoms with Gasteiger partial charge in [-0.2, -0.15) is 18.3 Å². The maximum atomic E-state index is 14.2. The first kappa shape index (κ1) is 26.8. The summed E-state index contributed by atoms with van der Waals surface area (Å²) in [7, 11) is 1.40. The summed E-state index contributed by atoms with van der Waals surface area (Å²) < 4.78 is 58.3. The number of piperidine rings is 1. The average molecular weight is 528 g/mol. The molecule has 2 amide bonds. The van der Waals surface area contributed by atoms with Crippen molar-refractivity contribution in [1.29, 1.82) is 0 Å². The highest BCUT2D eigenvalue weighted by atomic mass is 19.4. The number of halogens is 4. The molecule has 1 saturated carbocycles. The molecule has 9 nitrogen and oxygen atoms in total. The zero-order valence-corrected chi connectivity index (χ0v) is 20.4. The molecule has 3 N–H and O–H groups in total. The number of likely N-dealkylation sites (tertiary alicyclic amines) is 1. The summed E-state index contributed by atoms with van der Waals surface area (Å²) in [5, 5.41) is 19.3.